The highest BCUT2D eigenvalue weighted by atomic mass is 32.1. The summed E-state index contributed by atoms with van der Waals surface area (Å²) in [5, 5.41) is 2.12. The molecule has 0 bridgehead atoms. The van der Waals surface area contributed by atoms with Crippen LogP contribution < -0.4 is 9.80 Å². The molecule has 0 aliphatic carbocycles. The lowest BCUT2D eigenvalue weighted by molar-refractivity contribution is -0.892. The molecule has 1 aliphatic heterocycles. The van der Waals surface area contributed by atoms with Crippen LogP contribution in [-0.2, 0) is 13.0 Å². The second-order valence-electron chi connectivity index (χ2n) is 7.94. The van der Waals surface area contributed by atoms with Crippen molar-refractivity contribution in [3.63, 3.8) is 0 Å². The number of Topliss-reactive ketones (excluding diaryl/α,β-unsaturated/α-hetero) is 1. The Morgan fingerprint density at radius 3 is 2.52 bits per heavy atom. The third-order valence-electron chi connectivity index (χ3n) is 6.04. The van der Waals surface area contributed by atoms with Gasteiger partial charge in [-0.2, -0.15) is 0 Å². The van der Waals surface area contributed by atoms with Crippen LogP contribution in [0.1, 0.15) is 26.6 Å². The number of para-hydroxylation sites is 1. The molecule has 0 unspecified atom stereocenters. The molecule has 1 aliphatic rings. The summed E-state index contributed by atoms with van der Waals surface area (Å²) in [6.45, 7) is 9.78. The minimum absolute atomic E-state index is 0.281. The smallest absolute Gasteiger partial charge is 0.218 e. The molecule has 29 heavy (non-hydrogen) atoms. The molecular weight excluding hydrogens is 378 g/mol. The Bertz CT molecular complexity index is 938. The van der Waals surface area contributed by atoms with Crippen LogP contribution >= 0.6 is 11.3 Å². The zero-order valence-electron chi connectivity index (χ0n) is 17.4. The lowest BCUT2D eigenvalue weighted by atomic mass is 10.1. The zero-order chi connectivity index (χ0) is 20.2. The van der Waals surface area contributed by atoms with Gasteiger partial charge in [0, 0.05) is 34.1 Å². The fraction of sp³-hybridized carbons (Fsp3) is 0.375. The standard InChI is InChI=1S/C24H29N3OS/c1-19-17-23(20(2)27(19)11-10-22-9-6-16-29-22)24(28)18-25-12-14-26(15-13-25)21-7-4-3-5-8-21/h3-9,16-17H,10-15,18H2,1-2H3/p+1. The number of rotatable bonds is 7. The zero-order valence-corrected chi connectivity index (χ0v) is 18.2. The van der Waals surface area contributed by atoms with Crippen molar-refractivity contribution in [3.05, 3.63) is 75.7 Å². The van der Waals surface area contributed by atoms with Crippen LogP contribution in [0.25, 0.3) is 0 Å². The molecule has 1 aromatic carbocycles. The van der Waals surface area contributed by atoms with E-state index in [2.05, 4.69) is 77.2 Å². The van der Waals surface area contributed by atoms with E-state index in [1.807, 2.05) is 0 Å². The minimum atomic E-state index is 0.281. The van der Waals surface area contributed by atoms with Gasteiger partial charge in [-0.25, -0.2) is 0 Å². The number of carbonyl (C=O) groups excluding carboxylic acids is 1. The average molecular weight is 409 g/mol. The largest absolute Gasteiger partial charge is 0.360 e. The number of nitrogens with one attached hydrogen (secondary N) is 1. The molecule has 0 amide bonds. The highest BCUT2D eigenvalue weighted by Crippen LogP contribution is 2.18. The number of quaternary nitrogens is 1. The first kappa shape index (κ1) is 19.9. The maximum atomic E-state index is 13.0. The number of thiophene rings is 1. The van der Waals surface area contributed by atoms with Crippen molar-refractivity contribution < 1.29 is 9.69 Å². The molecule has 1 fully saturated rings. The second-order valence-corrected chi connectivity index (χ2v) is 8.97. The summed E-state index contributed by atoms with van der Waals surface area (Å²) in [5.41, 5.74) is 4.50. The van der Waals surface area contributed by atoms with Gasteiger partial charge in [0.15, 0.2) is 0 Å². The first-order chi connectivity index (χ1) is 14.1. The Kier molecular flexibility index (Phi) is 6.16. The van der Waals surface area contributed by atoms with Crippen molar-refractivity contribution in [2.75, 3.05) is 37.6 Å². The van der Waals surface area contributed by atoms with Crippen molar-refractivity contribution in [2.24, 2.45) is 0 Å². The van der Waals surface area contributed by atoms with E-state index in [4.69, 9.17) is 0 Å². The van der Waals surface area contributed by atoms with Gasteiger partial charge < -0.3 is 14.4 Å². The Hall–Kier alpha value is -2.37. The average Bonchev–Trinajstić information content (AvgIpc) is 3.36. The molecule has 152 valence electrons. The maximum absolute atomic E-state index is 13.0. The van der Waals surface area contributed by atoms with Gasteiger partial charge >= 0.3 is 0 Å². The number of aromatic nitrogens is 1. The molecule has 3 heterocycles. The van der Waals surface area contributed by atoms with Crippen LogP contribution in [-0.4, -0.2) is 43.1 Å². The predicted octanol–water partition coefficient (Wildman–Crippen LogP) is 3.00. The normalized spacial score (nSPS) is 15.0. The van der Waals surface area contributed by atoms with E-state index in [0.717, 1.165) is 50.4 Å². The number of carbonyl (C=O) groups is 1. The fourth-order valence-corrected chi connectivity index (χ4v) is 5.02. The number of piperazine rings is 1. The number of aryl methyl sites for hydroxylation is 2. The summed E-state index contributed by atoms with van der Waals surface area (Å²) in [4.78, 5) is 18.2. The molecule has 0 radical (unpaired) electrons. The summed E-state index contributed by atoms with van der Waals surface area (Å²) >= 11 is 1.80. The molecule has 1 N–H and O–H groups in total. The summed E-state index contributed by atoms with van der Waals surface area (Å²) in [7, 11) is 0. The number of anilines is 1. The SMILES string of the molecule is Cc1cc(C(=O)C[NH+]2CCN(c3ccccc3)CC2)c(C)n1CCc1cccs1. The monoisotopic (exact) mass is 408 g/mol. The van der Waals surface area contributed by atoms with Gasteiger partial charge in [0.1, 0.15) is 6.54 Å². The van der Waals surface area contributed by atoms with Crippen molar-refractivity contribution in [3.8, 4) is 0 Å². The molecule has 0 saturated carbocycles. The van der Waals surface area contributed by atoms with Gasteiger partial charge in [-0.1, -0.05) is 24.3 Å². The molecule has 3 aromatic rings. The maximum Gasteiger partial charge on any atom is 0.218 e. The van der Waals surface area contributed by atoms with E-state index in [1.165, 1.54) is 21.2 Å². The molecule has 1 saturated heterocycles. The van der Waals surface area contributed by atoms with Crippen LogP contribution in [0.3, 0.4) is 0 Å². The molecule has 5 heteroatoms. The Balaban J connectivity index is 1.35. The van der Waals surface area contributed by atoms with Crippen LogP contribution in [0.4, 0.5) is 5.69 Å². The number of ketones is 1. The van der Waals surface area contributed by atoms with Crippen molar-refractivity contribution in [1.29, 1.82) is 0 Å². The number of hydrogen-bond donors (Lipinski definition) is 1. The predicted molar refractivity (Wildman–Crippen MR) is 120 cm³/mol. The van der Waals surface area contributed by atoms with Crippen LogP contribution in [0, 0.1) is 13.8 Å². The van der Waals surface area contributed by atoms with Gasteiger partial charge in [-0.3, -0.25) is 4.79 Å². The highest BCUT2D eigenvalue weighted by molar-refractivity contribution is 7.09. The van der Waals surface area contributed by atoms with E-state index in [0.29, 0.717) is 6.54 Å². The fourth-order valence-electron chi connectivity index (χ4n) is 4.32. The van der Waals surface area contributed by atoms with Crippen molar-refractivity contribution >= 4 is 22.8 Å². The summed E-state index contributed by atoms with van der Waals surface area (Å²) in [5.74, 6) is 0.281. The van der Waals surface area contributed by atoms with Crippen molar-refractivity contribution in [2.45, 2.75) is 26.8 Å². The van der Waals surface area contributed by atoms with E-state index >= 15 is 0 Å². The Morgan fingerprint density at radius 2 is 1.83 bits per heavy atom. The molecular formula is C24H30N3OS+. The molecule has 4 rings (SSSR count). The highest BCUT2D eigenvalue weighted by Gasteiger charge is 2.25. The third-order valence-corrected chi connectivity index (χ3v) is 6.97. The van der Waals surface area contributed by atoms with Gasteiger partial charge in [0.05, 0.1) is 26.2 Å². The van der Waals surface area contributed by atoms with Crippen LogP contribution in [0.5, 0.6) is 0 Å². The van der Waals surface area contributed by atoms with E-state index in [1.54, 1.807) is 11.3 Å². The molecule has 2 aromatic heterocycles. The Labute approximate surface area is 177 Å². The third kappa shape index (κ3) is 4.62. The number of hydrogen-bond acceptors (Lipinski definition) is 3. The topological polar surface area (TPSA) is 29.7 Å². The van der Waals surface area contributed by atoms with E-state index in [-0.39, 0.29) is 5.78 Å². The van der Waals surface area contributed by atoms with Gasteiger partial charge in [-0.05, 0) is 49.9 Å². The van der Waals surface area contributed by atoms with Crippen LogP contribution in [0.15, 0.2) is 53.9 Å². The minimum Gasteiger partial charge on any atom is -0.360 e. The first-order valence-corrected chi connectivity index (χ1v) is 11.4. The second kappa shape index (κ2) is 8.97. The van der Waals surface area contributed by atoms with E-state index < -0.39 is 0 Å². The summed E-state index contributed by atoms with van der Waals surface area (Å²) < 4.78 is 2.30. The van der Waals surface area contributed by atoms with E-state index in [9.17, 15) is 4.79 Å². The number of nitrogens with zero attached hydrogens (tertiary/aromatic N) is 2. The number of benzene rings is 1. The van der Waals surface area contributed by atoms with Gasteiger partial charge in [0.25, 0.3) is 0 Å². The van der Waals surface area contributed by atoms with Gasteiger partial charge in [0.2, 0.25) is 5.78 Å². The summed E-state index contributed by atoms with van der Waals surface area (Å²) in [6.07, 6.45) is 1.02. The lowest BCUT2D eigenvalue weighted by Crippen LogP contribution is -3.15. The van der Waals surface area contributed by atoms with Crippen molar-refractivity contribution in [1.82, 2.24) is 4.57 Å². The molecule has 4 nitrogen and oxygen atoms in total. The van der Waals surface area contributed by atoms with Crippen LogP contribution in [0.2, 0.25) is 0 Å². The molecule has 0 spiro atoms. The lowest BCUT2D eigenvalue weighted by Gasteiger charge is -2.33. The quantitative estimate of drug-likeness (QED) is 0.609. The first-order valence-electron chi connectivity index (χ1n) is 10.5. The molecule has 0 atom stereocenters. The Morgan fingerprint density at radius 1 is 1.07 bits per heavy atom. The summed E-state index contributed by atoms with van der Waals surface area (Å²) in [6, 6.07) is 16.9. The van der Waals surface area contributed by atoms with Gasteiger partial charge in [-0.15, -0.1) is 11.3 Å².